The highest BCUT2D eigenvalue weighted by atomic mass is 16.1. The monoisotopic (exact) mass is 152 g/mol. The van der Waals surface area contributed by atoms with E-state index in [0.717, 1.165) is 24.7 Å². The van der Waals surface area contributed by atoms with Crippen molar-refractivity contribution in [2.75, 3.05) is 0 Å². The standard InChI is InChI=1S/C10H16O/c11-10-6-8-3-1-2-4-9(5-8)7-10/h8-9H,1-7H2/t8-,9+. The molecule has 0 aliphatic heterocycles. The average Bonchev–Trinajstić information content (AvgIpc) is 2.11. The molecule has 2 saturated carbocycles. The molecule has 0 unspecified atom stereocenters. The maximum absolute atomic E-state index is 11.2. The molecule has 0 heterocycles. The van der Waals surface area contributed by atoms with Gasteiger partial charge in [0, 0.05) is 12.8 Å². The smallest absolute Gasteiger partial charge is 0.133 e. The van der Waals surface area contributed by atoms with Crippen LogP contribution in [0.1, 0.15) is 44.9 Å². The first-order valence-corrected chi connectivity index (χ1v) is 4.86. The number of ketones is 1. The zero-order valence-corrected chi connectivity index (χ0v) is 7.01. The van der Waals surface area contributed by atoms with Gasteiger partial charge in [-0.1, -0.05) is 25.7 Å². The van der Waals surface area contributed by atoms with E-state index in [-0.39, 0.29) is 0 Å². The molecule has 2 atom stereocenters. The van der Waals surface area contributed by atoms with Gasteiger partial charge in [-0.2, -0.15) is 0 Å². The Morgan fingerprint density at radius 3 is 2.09 bits per heavy atom. The van der Waals surface area contributed by atoms with Crippen molar-refractivity contribution in [2.24, 2.45) is 11.8 Å². The lowest BCUT2D eigenvalue weighted by Gasteiger charge is -2.24. The van der Waals surface area contributed by atoms with Crippen molar-refractivity contribution < 1.29 is 4.79 Å². The molecule has 0 amide bonds. The number of carbonyl (C=O) groups is 1. The first-order valence-electron chi connectivity index (χ1n) is 4.86. The van der Waals surface area contributed by atoms with Gasteiger partial charge in [0.05, 0.1) is 0 Å². The third kappa shape index (κ3) is 1.63. The van der Waals surface area contributed by atoms with E-state index in [1.54, 1.807) is 0 Å². The molecule has 2 fully saturated rings. The highest BCUT2D eigenvalue weighted by Gasteiger charge is 2.28. The summed E-state index contributed by atoms with van der Waals surface area (Å²) in [6, 6.07) is 0. The van der Waals surface area contributed by atoms with E-state index in [1.165, 1.54) is 32.1 Å². The lowest BCUT2D eigenvalue weighted by Crippen LogP contribution is -2.20. The molecule has 0 aromatic carbocycles. The van der Waals surface area contributed by atoms with Gasteiger partial charge in [-0.05, 0) is 18.3 Å². The molecule has 0 aromatic rings. The van der Waals surface area contributed by atoms with E-state index in [9.17, 15) is 4.79 Å². The highest BCUT2D eigenvalue weighted by molar-refractivity contribution is 5.79. The Morgan fingerprint density at radius 2 is 1.55 bits per heavy atom. The van der Waals surface area contributed by atoms with Crippen molar-refractivity contribution in [3.63, 3.8) is 0 Å². The molecular formula is C10H16O. The summed E-state index contributed by atoms with van der Waals surface area (Å²) in [5, 5.41) is 0. The van der Waals surface area contributed by atoms with Crippen LogP contribution in [0.3, 0.4) is 0 Å². The number of hydrogen-bond donors (Lipinski definition) is 0. The zero-order valence-electron chi connectivity index (χ0n) is 7.01. The number of fused-ring (bicyclic) bond motifs is 2. The van der Waals surface area contributed by atoms with Crippen LogP contribution in [0.15, 0.2) is 0 Å². The van der Waals surface area contributed by atoms with Crippen molar-refractivity contribution in [2.45, 2.75) is 44.9 Å². The fraction of sp³-hybridized carbons (Fsp3) is 0.900. The minimum atomic E-state index is 0.535. The summed E-state index contributed by atoms with van der Waals surface area (Å²) in [4.78, 5) is 11.2. The minimum absolute atomic E-state index is 0.535. The molecule has 2 rings (SSSR count). The number of rotatable bonds is 0. The van der Waals surface area contributed by atoms with Gasteiger partial charge in [-0.3, -0.25) is 4.79 Å². The van der Waals surface area contributed by atoms with Gasteiger partial charge in [-0.15, -0.1) is 0 Å². The van der Waals surface area contributed by atoms with Gasteiger partial charge in [0.15, 0.2) is 0 Å². The van der Waals surface area contributed by atoms with Crippen molar-refractivity contribution in [1.29, 1.82) is 0 Å². The van der Waals surface area contributed by atoms with Crippen LogP contribution in [-0.4, -0.2) is 5.78 Å². The molecule has 62 valence electrons. The minimum Gasteiger partial charge on any atom is -0.300 e. The molecule has 1 nitrogen and oxygen atoms in total. The Hall–Kier alpha value is -0.330. The van der Waals surface area contributed by atoms with Crippen LogP contribution in [0.4, 0.5) is 0 Å². The van der Waals surface area contributed by atoms with Crippen LogP contribution >= 0.6 is 0 Å². The largest absolute Gasteiger partial charge is 0.300 e. The normalized spacial score (nSPS) is 38.4. The maximum atomic E-state index is 11.2. The fourth-order valence-corrected chi connectivity index (χ4v) is 2.67. The van der Waals surface area contributed by atoms with Crippen molar-refractivity contribution in [1.82, 2.24) is 0 Å². The molecule has 1 heteroatoms. The van der Waals surface area contributed by atoms with Gasteiger partial charge in [-0.25, -0.2) is 0 Å². The van der Waals surface area contributed by atoms with Crippen LogP contribution in [0.5, 0.6) is 0 Å². The van der Waals surface area contributed by atoms with Crippen LogP contribution in [0.25, 0.3) is 0 Å². The second kappa shape index (κ2) is 2.96. The third-order valence-electron chi connectivity index (χ3n) is 3.17. The predicted molar refractivity (Wildman–Crippen MR) is 44.3 cm³/mol. The van der Waals surface area contributed by atoms with Gasteiger partial charge < -0.3 is 0 Å². The fourth-order valence-electron chi connectivity index (χ4n) is 2.67. The Kier molecular flexibility index (Phi) is 1.97. The van der Waals surface area contributed by atoms with Crippen LogP contribution in [-0.2, 0) is 4.79 Å². The van der Waals surface area contributed by atoms with Crippen LogP contribution in [0, 0.1) is 11.8 Å². The first kappa shape index (κ1) is 7.33. The summed E-state index contributed by atoms with van der Waals surface area (Å²) in [5.74, 6) is 2.07. The van der Waals surface area contributed by atoms with E-state index in [0.29, 0.717) is 5.78 Å². The lowest BCUT2D eigenvalue weighted by atomic mass is 9.80. The summed E-state index contributed by atoms with van der Waals surface area (Å²) in [5.41, 5.74) is 0. The lowest BCUT2D eigenvalue weighted by molar-refractivity contribution is -0.122. The highest BCUT2D eigenvalue weighted by Crippen LogP contribution is 2.36. The second-order valence-electron chi connectivity index (χ2n) is 4.20. The van der Waals surface area contributed by atoms with Crippen molar-refractivity contribution in [3.8, 4) is 0 Å². The average molecular weight is 152 g/mol. The van der Waals surface area contributed by atoms with E-state index >= 15 is 0 Å². The number of hydrogen-bond acceptors (Lipinski definition) is 1. The molecule has 2 aliphatic rings. The Morgan fingerprint density at radius 1 is 1.00 bits per heavy atom. The van der Waals surface area contributed by atoms with Gasteiger partial charge in [0.25, 0.3) is 0 Å². The molecular weight excluding hydrogens is 136 g/mol. The maximum Gasteiger partial charge on any atom is 0.133 e. The Bertz CT molecular complexity index is 146. The van der Waals surface area contributed by atoms with Crippen molar-refractivity contribution in [3.05, 3.63) is 0 Å². The van der Waals surface area contributed by atoms with Gasteiger partial charge in [0.1, 0.15) is 5.78 Å². The molecule has 0 aromatic heterocycles. The summed E-state index contributed by atoms with van der Waals surface area (Å²) in [6.07, 6.45) is 8.53. The number of carbonyl (C=O) groups excluding carboxylic acids is 1. The molecule has 2 bridgehead atoms. The van der Waals surface area contributed by atoms with Gasteiger partial charge in [0.2, 0.25) is 0 Å². The molecule has 0 radical (unpaired) electrons. The molecule has 0 spiro atoms. The Labute approximate surface area is 68.2 Å². The quantitative estimate of drug-likeness (QED) is 0.521. The topological polar surface area (TPSA) is 17.1 Å². The third-order valence-corrected chi connectivity index (χ3v) is 3.17. The van der Waals surface area contributed by atoms with E-state index in [4.69, 9.17) is 0 Å². The number of Topliss-reactive ketones (excluding diaryl/α,β-unsaturated/α-hetero) is 1. The molecule has 2 aliphatic carbocycles. The summed E-state index contributed by atoms with van der Waals surface area (Å²) < 4.78 is 0. The summed E-state index contributed by atoms with van der Waals surface area (Å²) >= 11 is 0. The Balaban J connectivity index is 2.04. The van der Waals surface area contributed by atoms with Crippen molar-refractivity contribution >= 4 is 5.78 Å². The summed E-state index contributed by atoms with van der Waals surface area (Å²) in [6.45, 7) is 0. The van der Waals surface area contributed by atoms with Crippen LogP contribution in [0.2, 0.25) is 0 Å². The van der Waals surface area contributed by atoms with Crippen LogP contribution < -0.4 is 0 Å². The summed E-state index contributed by atoms with van der Waals surface area (Å²) in [7, 11) is 0. The zero-order chi connectivity index (χ0) is 7.68. The van der Waals surface area contributed by atoms with E-state index in [1.807, 2.05) is 0 Å². The first-order chi connectivity index (χ1) is 5.34. The molecule has 11 heavy (non-hydrogen) atoms. The SMILES string of the molecule is O=C1C[C@H]2CCCC[C@@H](C1)C2. The van der Waals surface area contributed by atoms with E-state index < -0.39 is 0 Å². The predicted octanol–water partition coefficient (Wildman–Crippen LogP) is 2.55. The van der Waals surface area contributed by atoms with Gasteiger partial charge >= 0.3 is 0 Å². The van der Waals surface area contributed by atoms with E-state index in [2.05, 4.69) is 0 Å². The molecule has 0 saturated heterocycles. The second-order valence-corrected chi connectivity index (χ2v) is 4.20. The molecule has 0 N–H and O–H groups in total.